The van der Waals surface area contributed by atoms with Gasteiger partial charge >= 0.3 is 5.97 Å². The molecular formula is C25H28BFN2O6. The minimum atomic E-state index is -1.93. The summed E-state index contributed by atoms with van der Waals surface area (Å²) in [5.41, 5.74) is 3.97. The number of nitrogens with zero attached hydrogens (tertiary/aromatic N) is 1. The molecule has 2 N–H and O–H groups in total. The summed E-state index contributed by atoms with van der Waals surface area (Å²) in [6.07, 6.45) is -0.433. The van der Waals surface area contributed by atoms with E-state index in [0.717, 1.165) is 4.90 Å². The normalized spacial score (nSPS) is 14.8. The number of carbonyl (C=O) groups excluding carboxylic acids is 3. The van der Waals surface area contributed by atoms with Gasteiger partial charge in [-0.25, -0.2) is 4.39 Å². The molecule has 0 fully saturated rings. The Hall–Kier alpha value is -3.56. The van der Waals surface area contributed by atoms with Crippen LogP contribution in [0.3, 0.4) is 0 Å². The molecule has 2 radical (unpaired) electrons. The first kappa shape index (κ1) is 26.1. The second kappa shape index (κ2) is 9.97. The molecule has 1 atom stereocenters. The summed E-state index contributed by atoms with van der Waals surface area (Å²) in [5, 5.41) is 0. The number of nitrogens with two attached hydrogens (primary N) is 1. The number of fused-ring (bicyclic) bond motifs is 1. The molecule has 1 aliphatic heterocycles. The van der Waals surface area contributed by atoms with Crippen molar-refractivity contribution in [1.29, 1.82) is 0 Å². The molecule has 0 aliphatic carbocycles. The van der Waals surface area contributed by atoms with Crippen LogP contribution in [0.25, 0.3) is 0 Å². The van der Waals surface area contributed by atoms with E-state index in [0.29, 0.717) is 17.1 Å². The van der Waals surface area contributed by atoms with Gasteiger partial charge in [-0.05, 0) is 57.5 Å². The maximum Gasteiger partial charge on any atom is 0.306 e. The number of halogens is 1. The van der Waals surface area contributed by atoms with Crippen LogP contribution in [-0.2, 0) is 27.5 Å². The number of esters is 1. The van der Waals surface area contributed by atoms with Gasteiger partial charge in [0.05, 0.1) is 19.1 Å². The van der Waals surface area contributed by atoms with Crippen LogP contribution < -0.4 is 15.2 Å². The Morgan fingerprint density at radius 3 is 2.54 bits per heavy atom. The van der Waals surface area contributed by atoms with Crippen molar-refractivity contribution in [1.82, 2.24) is 4.90 Å². The SMILES string of the molecule is [B]C(CCC(=O)OC(C)(C)C)(C(N)=O)N1Cc2c(OCc3cc(OC)ccc3F)cccc2C1=O. The third-order valence-corrected chi connectivity index (χ3v) is 5.60. The molecule has 0 aromatic heterocycles. The molecule has 8 nitrogen and oxygen atoms in total. The van der Waals surface area contributed by atoms with Crippen LogP contribution in [0.4, 0.5) is 4.39 Å². The molecule has 184 valence electrons. The summed E-state index contributed by atoms with van der Waals surface area (Å²) in [5.74, 6) is -1.70. The monoisotopic (exact) mass is 482 g/mol. The predicted octanol–water partition coefficient (Wildman–Crippen LogP) is 2.84. The van der Waals surface area contributed by atoms with Crippen LogP contribution >= 0.6 is 0 Å². The van der Waals surface area contributed by atoms with Crippen LogP contribution in [0.15, 0.2) is 36.4 Å². The number of benzene rings is 2. The summed E-state index contributed by atoms with van der Waals surface area (Å²) in [6, 6.07) is 9.12. The van der Waals surface area contributed by atoms with Gasteiger partial charge in [-0.1, -0.05) is 6.07 Å². The van der Waals surface area contributed by atoms with E-state index in [1.54, 1.807) is 39.0 Å². The zero-order valence-electron chi connectivity index (χ0n) is 20.2. The van der Waals surface area contributed by atoms with Gasteiger partial charge in [0.1, 0.15) is 37.4 Å². The second-order valence-electron chi connectivity index (χ2n) is 9.29. The molecule has 0 spiro atoms. The van der Waals surface area contributed by atoms with Crippen LogP contribution in [0.5, 0.6) is 11.5 Å². The van der Waals surface area contributed by atoms with Gasteiger partial charge in [-0.15, -0.1) is 0 Å². The van der Waals surface area contributed by atoms with E-state index < -0.39 is 34.6 Å². The zero-order chi connectivity index (χ0) is 26.0. The summed E-state index contributed by atoms with van der Waals surface area (Å²) >= 11 is 0. The number of hydrogen-bond donors (Lipinski definition) is 1. The van der Waals surface area contributed by atoms with Gasteiger partial charge in [0.15, 0.2) is 0 Å². The van der Waals surface area contributed by atoms with Gasteiger partial charge in [-0.3, -0.25) is 14.4 Å². The number of hydrogen-bond acceptors (Lipinski definition) is 6. The third-order valence-electron chi connectivity index (χ3n) is 5.60. The number of rotatable bonds is 9. The Balaban J connectivity index is 1.80. The molecule has 2 aromatic carbocycles. The maximum atomic E-state index is 14.2. The zero-order valence-corrected chi connectivity index (χ0v) is 20.2. The Kier molecular flexibility index (Phi) is 7.43. The molecule has 10 heteroatoms. The lowest BCUT2D eigenvalue weighted by molar-refractivity contribution is -0.155. The lowest BCUT2D eigenvalue weighted by atomic mass is 9.72. The minimum absolute atomic E-state index is 0.0707. The van der Waals surface area contributed by atoms with Crippen LogP contribution in [0.1, 0.15) is 55.1 Å². The fourth-order valence-corrected chi connectivity index (χ4v) is 3.78. The first-order valence-electron chi connectivity index (χ1n) is 11.1. The minimum Gasteiger partial charge on any atom is -0.497 e. The maximum absolute atomic E-state index is 14.2. The Morgan fingerprint density at radius 1 is 1.20 bits per heavy atom. The molecule has 1 aliphatic rings. The highest BCUT2D eigenvalue weighted by molar-refractivity contribution is 6.30. The summed E-state index contributed by atoms with van der Waals surface area (Å²) in [4.78, 5) is 38.9. The topological polar surface area (TPSA) is 108 Å². The number of amides is 2. The first-order chi connectivity index (χ1) is 16.4. The standard InChI is InChI=1S/C25H28BFN2O6/c1-24(2,3)35-21(30)10-11-25(26,23(28)32)29-13-18-17(22(29)31)6-5-7-20(18)34-14-15-12-16(33-4)8-9-19(15)27/h5-9,12H,10-11,13-14H2,1-4H3,(H2,28,32). The summed E-state index contributed by atoms with van der Waals surface area (Å²) in [7, 11) is 7.79. The van der Waals surface area contributed by atoms with Gasteiger partial charge in [0.2, 0.25) is 5.91 Å². The Morgan fingerprint density at radius 2 is 1.91 bits per heavy atom. The number of ether oxygens (including phenoxy) is 3. The third kappa shape index (κ3) is 5.75. The van der Waals surface area contributed by atoms with Crippen LogP contribution in [-0.4, -0.2) is 48.7 Å². The molecule has 35 heavy (non-hydrogen) atoms. The smallest absolute Gasteiger partial charge is 0.306 e. The van der Waals surface area contributed by atoms with Crippen molar-refractivity contribution in [3.8, 4) is 11.5 Å². The summed E-state index contributed by atoms with van der Waals surface area (Å²) < 4.78 is 30.4. The molecule has 3 rings (SSSR count). The van der Waals surface area contributed by atoms with Crippen molar-refractivity contribution < 1.29 is 33.0 Å². The predicted molar refractivity (Wildman–Crippen MR) is 126 cm³/mol. The lowest BCUT2D eigenvalue weighted by Gasteiger charge is -2.36. The Bertz CT molecular complexity index is 1150. The van der Waals surface area contributed by atoms with Crippen molar-refractivity contribution in [3.05, 3.63) is 58.9 Å². The van der Waals surface area contributed by atoms with Gasteiger partial charge in [-0.2, -0.15) is 0 Å². The molecule has 2 amide bonds. The largest absolute Gasteiger partial charge is 0.497 e. The fourth-order valence-electron chi connectivity index (χ4n) is 3.78. The van der Waals surface area contributed by atoms with Crippen molar-refractivity contribution in [2.24, 2.45) is 5.73 Å². The number of carbonyl (C=O) groups is 3. The van der Waals surface area contributed by atoms with Crippen molar-refractivity contribution in [3.63, 3.8) is 0 Å². The fraction of sp³-hybridized carbons (Fsp3) is 0.400. The molecule has 0 bridgehead atoms. The average Bonchev–Trinajstić information content (AvgIpc) is 3.13. The second-order valence-corrected chi connectivity index (χ2v) is 9.29. The van der Waals surface area contributed by atoms with Crippen molar-refractivity contribution in [2.75, 3.05) is 7.11 Å². The van der Waals surface area contributed by atoms with Crippen LogP contribution in [0, 0.1) is 5.82 Å². The summed E-state index contributed by atoms with van der Waals surface area (Å²) in [6.45, 7) is 4.96. The van der Waals surface area contributed by atoms with E-state index in [-0.39, 0.29) is 37.1 Å². The van der Waals surface area contributed by atoms with E-state index in [9.17, 15) is 18.8 Å². The Labute approximate surface area is 204 Å². The highest BCUT2D eigenvalue weighted by Crippen LogP contribution is 2.36. The highest BCUT2D eigenvalue weighted by Gasteiger charge is 2.45. The number of primary amides is 1. The van der Waals surface area contributed by atoms with Crippen molar-refractivity contribution in [2.45, 2.75) is 57.8 Å². The van der Waals surface area contributed by atoms with Crippen LogP contribution in [0.2, 0.25) is 0 Å². The van der Waals surface area contributed by atoms with E-state index in [4.69, 9.17) is 27.8 Å². The molecular weight excluding hydrogens is 454 g/mol. The van der Waals surface area contributed by atoms with E-state index in [2.05, 4.69) is 0 Å². The molecule has 1 unspecified atom stereocenters. The highest BCUT2D eigenvalue weighted by atomic mass is 19.1. The van der Waals surface area contributed by atoms with E-state index >= 15 is 0 Å². The van der Waals surface area contributed by atoms with Gasteiger partial charge in [0.25, 0.3) is 5.91 Å². The average molecular weight is 482 g/mol. The molecule has 0 saturated heterocycles. The van der Waals surface area contributed by atoms with E-state index in [1.807, 2.05) is 0 Å². The lowest BCUT2D eigenvalue weighted by Crippen LogP contribution is -2.58. The van der Waals surface area contributed by atoms with Crippen molar-refractivity contribution >= 4 is 25.6 Å². The molecule has 0 saturated carbocycles. The van der Waals surface area contributed by atoms with E-state index in [1.165, 1.54) is 25.3 Å². The molecule has 2 aromatic rings. The van der Waals surface area contributed by atoms with Gasteiger partial charge < -0.3 is 24.8 Å². The molecule has 1 heterocycles. The first-order valence-corrected chi connectivity index (χ1v) is 11.1. The van der Waals surface area contributed by atoms with Gasteiger partial charge in [0, 0.05) is 23.1 Å². The quantitative estimate of drug-likeness (QED) is 0.435. The number of methoxy groups -OCH3 is 1.